The molecule has 0 radical (unpaired) electrons. The Morgan fingerprint density at radius 3 is 2.59 bits per heavy atom. The normalized spacial score (nSPS) is 15.4. The molecule has 2 heterocycles. The number of rotatable bonds is 7. The zero-order chi connectivity index (χ0) is 19.2. The van der Waals surface area contributed by atoms with Crippen LogP contribution in [0.15, 0.2) is 59.7 Å². The molecule has 2 N–H and O–H groups in total. The van der Waals surface area contributed by atoms with E-state index in [0.29, 0.717) is 0 Å². The quantitative estimate of drug-likeness (QED) is 0.224. The molecule has 7 heteroatoms. The van der Waals surface area contributed by atoms with Crippen LogP contribution in [0.3, 0.4) is 0 Å². The SMILES string of the molecule is CN=C(NCCCc1nnc2ccccn12)NCC1(c2ccccc2)CCC1.I. The molecule has 0 amide bonds. The Morgan fingerprint density at radius 1 is 1.07 bits per heavy atom. The van der Waals surface area contributed by atoms with Gasteiger partial charge in [-0.1, -0.05) is 42.8 Å². The molecule has 0 bridgehead atoms. The largest absolute Gasteiger partial charge is 0.356 e. The molecule has 0 saturated heterocycles. The third kappa shape index (κ3) is 4.88. The molecule has 4 rings (SSSR count). The highest BCUT2D eigenvalue weighted by Gasteiger charge is 2.38. The first kappa shape index (κ1) is 21.5. The van der Waals surface area contributed by atoms with E-state index >= 15 is 0 Å². The van der Waals surface area contributed by atoms with E-state index in [1.807, 2.05) is 35.8 Å². The Balaban J connectivity index is 0.00000240. The van der Waals surface area contributed by atoms with E-state index in [2.05, 4.69) is 56.2 Å². The third-order valence-corrected chi connectivity index (χ3v) is 5.77. The smallest absolute Gasteiger partial charge is 0.191 e. The lowest BCUT2D eigenvalue weighted by molar-refractivity contribution is 0.244. The number of hydrogen-bond donors (Lipinski definition) is 2. The van der Waals surface area contributed by atoms with Crippen LogP contribution in [0.2, 0.25) is 0 Å². The number of benzene rings is 1. The molecule has 3 aromatic rings. The lowest BCUT2D eigenvalue weighted by Gasteiger charge is -2.43. The fraction of sp³-hybridized carbons (Fsp3) is 0.409. The molecular formula is C22H29IN6. The van der Waals surface area contributed by atoms with Crippen molar-refractivity contribution in [3.63, 3.8) is 0 Å². The Labute approximate surface area is 189 Å². The number of pyridine rings is 1. The average Bonchev–Trinajstić information content (AvgIpc) is 3.12. The van der Waals surface area contributed by atoms with Crippen molar-refractivity contribution in [1.29, 1.82) is 0 Å². The number of aliphatic imine (C=N–C) groups is 1. The minimum Gasteiger partial charge on any atom is -0.356 e. The van der Waals surface area contributed by atoms with Crippen molar-refractivity contribution in [2.75, 3.05) is 20.1 Å². The molecule has 6 nitrogen and oxygen atoms in total. The highest BCUT2D eigenvalue weighted by molar-refractivity contribution is 14.0. The summed E-state index contributed by atoms with van der Waals surface area (Å²) in [5, 5.41) is 15.5. The van der Waals surface area contributed by atoms with E-state index in [1.54, 1.807) is 0 Å². The molecular weight excluding hydrogens is 475 g/mol. The Hall–Kier alpha value is -2.16. The van der Waals surface area contributed by atoms with Crippen LogP contribution in [0, 0.1) is 0 Å². The lowest BCUT2D eigenvalue weighted by Crippen LogP contribution is -2.49. The van der Waals surface area contributed by atoms with Crippen LogP contribution >= 0.6 is 24.0 Å². The van der Waals surface area contributed by atoms with Gasteiger partial charge >= 0.3 is 0 Å². The zero-order valence-corrected chi connectivity index (χ0v) is 19.2. The summed E-state index contributed by atoms with van der Waals surface area (Å²) in [4.78, 5) is 4.39. The van der Waals surface area contributed by atoms with Crippen LogP contribution in [0.5, 0.6) is 0 Å². The second kappa shape index (κ2) is 10.0. The van der Waals surface area contributed by atoms with Crippen LogP contribution in [0.1, 0.15) is 37.1 Å². The Kier molecular flexibility index (Phi) is 7.46. The minimum atomic E-state index is 0. The number of nitrogens with zero attached hydrogens (tertiary/aromatic N) is 4. The minimum absolute atomic E-state index is 0. The number of halogens is 1. The number of fused-ring (bicyclic) bond motifs is 1. The van der Waals surface area contributed by atoms with E-state index in [4.69, 9.17) is 0 Å². The monoisotopic (exact) mass is 504 g/mol. The van der Waals surface area contributed by atoms with Crippen molar-refractivity contribution >= 4 is 35.6 Å². The van der Waals surface area contributed by atoms with Gasteiger partial charge in [0.15, 0.2) is 11.6 Å². The van der Waals surface area contributed by atoms with Crippen molar-refractivity contribution in [2.24, 2.45) is 4.99 Å². The van der Waals surface area contributed by atoms with Gasteiger partial charge < -0.3 is 10.6 Å². The summed E-state index contributed by atoms with van der Waals surface area (Å²) >= 11 is 0. The van der Waals surface area contributed by atoms with E-state index in [-0.39, 0.29) is 29.4 Å². The van der Waals surface area contributed by atoms with Crippen LogP contribution < -0.4 is 10.6 Å². The number of aromatic nitrogens is 3. The first-order chi connectivity index (χ1) is 13.8. The molecule has 1 aromatic carbocycles. The average molecular weight is 504 g/mol. The summed E-state index contributed by atoms with van der Waals surface area (Å²) in [6.07, 6.45) is 7.64. The molecule has 1 aliphatic rings. The lowest BCUT2D eigenvalue weighted by atomic mass is 9.64. The van der Waals surface area contributed by atoms with Gasteiger partial charge in [-0.3, -0.25) is 9.39 Å². The molecule has 1 aliphatic carbocycles. The molecule has 1 fully saturated rings. The molecule has 1 saturated carbocycles. The van der Waals surface area contributed by atoms with E-state index in [1.165, 1.54) is 24.8 Å². The third-order valence-electron chi connectivity index (χ3n) is 5.77. The van der Waals surface area contributed by atoms with Gasteiger partial charge in [0.05, 0.1) is 0 Å². The van der Waals surface area contributed by atoms with E-state index in [9.17, 15) is 0 Å². The first-order valence-corrected chi connectivity index (χ1v) is 10.1. The number of hydrogen-bond acceptors (Lipinski definition) is 3. The van der Waals surface area contributed by atoms with Gasteiger partial charge in [0, 0.05) is 38.2 Å². The molecule has 154 valence electrons. The second-order valence-corrected chi connectivity index (χ2v) is 7.50. The van der Waals surface area contributed by atoms with Gasteiger partial charge in [-0.05, 0) is 37.0 Å². The van der Waals surface area contributed by atoms with Gasteiger partial charge in [0.25, 0.3) is 0 Å². The summed E-state index contributed by atoms with van der Waals surface area (Å²) in [6.45, 7) is 1.77. The number of guanidine groups is 1. The highest BCUT2D eigenvalue weighted by Crippen LogP contribution is 2.43. The maximum Gasteiger partial charge on any atom is 0.191 e. The summed E-state index contributed by atoms with van der Waals surface area (Å²) in [6, 6.07) is 16.8. The summed E-state index contributed by atoms with van der Waals surface area (Å²) in [5.74, 6) is 1.87. The first-order valence-electron chi connectivity index (χ1n) is 10.1. The molecule has 2 aromatic heterocycles. The molecule has 0 unspecified atom stereocenters. The van der Waals surface area contributed by atoms with Gasteiger partial charge in [0.1, 0.15) is 5.82 Å². The summed E-state index contributed by atoms with van der Waals surface area (Å²) < 4.78 is 2.05. The van der Waals surface area contributed by atoms with Crippen LogP contribution in [-0.4, -0.2) is 40.7 Å². The fourth-order valence-electron chi connectivity index (χ4n) is 3.95. The summed E-state index contributed by atoms with van der Waals surface area (Å²) in [5.41, 5.74) is 2.58. The highest BCUT2D eigenvalue weighted by atomic mass is 127. The van der Waals surface area contributed by atoms with Crippen molar-refractivity contribution in [2.45, 2.75) is 37.5 Å². The van der Waals surface area contributed by atoms with Crippen molar-refractivity contribution < 1.29 is 0 Å². The number of nitrogens with one attached hydrogen (secondary N) is 2. The summed E-state index contributed by atoms with van der Waals surface area (Å²) in [7, 11) is 1.83. The zero-order valence-electron chi connectivity index (χ0n) is 16.8. The van der Waals surface area contributed by atoms with Crippen LogP contribution in [0.25, 0.3) is 5.65 Å². The maximum atomic E-state index is 4.39. The molecule has 0 atom stereocenters. The molecule has 0 aliphatic heterocycles. The maximum absolute atomic E-state index is 4.39. The van der Waals surface area contributed by atoms with Gasteiger partial charge in [-0.25, -0.2) is 0 Å². The predicted octanol–water partition coefficient (Wildman–Crippen LogP) is 3.57. The van der Waals surface area contributed by atoms with Crippen molar-refractivity contribution in [1.82, 2.24) is 25.2 Å². The van der Waals surface area contributed by atoms with E-state index in [0.717, 1.165) is 43.4 Å². The topological polar surface area (TPSA) is 66.6 Å². The molecule has 29 heavy (non-hydrogen) atoms. The Morgan fingerprint density at radius 2 is 1.86 bits per heavy atom. The standard InChI is InChI=1S/C22H28N6.HI/c1-23-21(25-17-22(13-8-14-22)18-9-3-2-4-10-18)24-15-7-12-20-27-26-19-11-5-6-16-28(19)20;/h2-6,9-11,16H,7-8,12-15,17H2,1H3,(H2,23,24,25);1H. The van der Waals surface area contributed by atoms with Crippen molar-refractivity contribution in [3.8, 4) is 0 Å². The van der Waals surface area contributed by atoms with Crippen molar-refractivity contribution in [3.05, 3.63) is 66.1 Å². The second-order valence-electron chi connectivity index (χ2n) is 7.50. The van der Waals surface area contributed by atoms with Gasteiger partial charge in [-0.2, -0.15) is 0 Å². The van der Waals surface area contributed by atoms with Gasteiger partial charge in [-0.15, -0.1) is 34.2 Å². The predicted molar refractivity (Wildman–Crippen MR) is 128 cm³/mol. The van der Waals surface area contributed by atoms with Crippen LogP contribution in [0.4, 0.5) is 0 Å². The molecule has 0 spiro atoms. The van der Waals surface area contributed by atoms with Crippen LogP contribution in [-0.2, 0) is 11.8 Å². The Bertz CT molecular complexity index is 933. The van der Waals surface area contributed by atoms with E-state index < -0.39 is 0 Å². The number of aryl methyl sites for hydroxylation is 1. The van der Waals surface area contributed by atoms with Gasteiger partial charge in [0.2, 0.25) is 0 Å². The fourth-order valence-corrected chi connectivity index (χ4v) is 3.95.